The molecule has 0 saturated carbocycles. The molecule has 4 heteroatoms. The molecule has 0 aliphatic carbocycles. The molecule has 1 aromatic rings. The van der Waals surface area contributed by atoms with Crippen LogP contribution < -0.4 is 4.74 Å². The Morgan fingerprint density at radius 1 is 1.40 bits per heavy atom. The van der Waals surface area contributed by atoms with Crippen molar-refractivity contribution in [1.82, 2.24) is 0 Å². The number of aliphatic hydroxyl groups excluding tert-OH is 1. The molecule has 4 nitrogen and oxygen atoms in total. The molecule has 1 fully saturated rings. The highest BCUT2D eigenvalue weighted by atomic mass is 16.5. The molecule has 0 radical (unpaired) electrons. The molecule has 1 N–H and O–H groups in total. The zero-order valence-electron chi connectivity index (χ0n) is 12.2. The van der Waals surface area contributed by atoms with Gasteiger partial charge in [-0.15, -0.1) is 0 Å². The largest absolute Gasteiger partial charge is 0.497 e. The van der Waals surface area contributed by atoms with E-state index in [1.807, 2.05) is 38.1 Å². The minimum atomic E-state index is -0.233. The summed E-state index contributed by atoms with van der Waals surface area (Å²) in [7, 11) is 1.62. The third-order valence-electron chi connectivity index (χ3n) is 4.05. The molecule has 110 valence electrons. The van der Waals surface area contributed by atoms with E-state index in [-0.39, 0.29) is 36.4 Å². The van der Waals surface area contributed by atoms with Gasteiger partial charge in [-0.05, 0) is 17.7 Å². The Hall–Kier alpha value is -1.39. The minimum absolute atomic E-state index is 0.0254. The van der Waals surface area contributed by atoms with Gasteiger partial charge in [-0.1, -0.05) is 26.0 Å². The first-order valence-electron chi connectivity index (χ1n) is 6.99. The van der Waals surface area contributed by atoms with Crippen LogP contribution in [0.15, 0.2) is 24.3 Å². The van der Waals surface area contributed by atoms with Gasteiger partial charge in [0.25, 0.3) is 0 Å². The summed E-state index contributed by atoms with van der Waals surface area (Å²) in [4.78, 5) is 12.1. The molecule has 1 aliphatic rings. The Morgan fingerprint density at radius 3 is 2.60 bits per heavy atom. The fourth-order valence-corrected chi connectivity index (χ4v) is 2.65. The number of ketones is 1. The van der Waals surface area contributed by atoms with Crippen LogP contribution in [0.4, 0.5) is 0 Å². The van der Waals surface area contributed by atoms with E-state index < -0.39 is 0 Å². The summed E-state index contributed by atoms with van der Waals surface area (Å²) >= 11 is 0. The average Bonchev–Trinajstić information content (AvgIpc) is 2.49. The van der Waals surface area contributed by atoms with Gasteiger partial charge in [-0.2, -0.15) is 0 Å². The molecular weight excluding hydrogens is 256 g/mol. The van der Waals surface area contributed by atoms with Crippen molar-refractivity contribution in [2.45, 2.75) is 32.5 Å². The number of hydrogen-bond acceptors (Lipinski definition) is 4. The summed E-state index contributed by atoms with van der Waals surface area (Å²) < 4.78 is 11.2. The maximum Gasteiger partial charge on any atom is 0.141 e. The fourth-order valence-electron chi connectivity index (χ4n) is 2.65. The summed E-state index contributed by atoms with van der Waals surface area (Å²) in [5.41, 5.74) is 0.973. The van der Waals surface area contributed by atoms with Crippen LogP contribution in [0, 0.1) is 11.8 Å². The molecule has 1 aliphatic heterocycles. The summed E-state index contributed by atoms with van der Waals surface area (Å²) in [6, 6.07) is 7.58. The van der Waals surface area contributed by atoms with Gasteiger partial charge in [0.1, 0.15) is 11.5 Å². The Morgan fingerprint density at radius 2 is 2.05 bits per heavy atom. The molecule has 1 saturated heterocycles. The predicted molar refractivity (Wildman–Crippen MR) is 75.6 cm³/mol. The molecular formula is C16H22O4. The zero-order chi connectivity index (χ0) is 14.7. The van der Waals surface area contributed by atoms with Crippen LogP contribution in [0.5, 0.6) is 5.75 Å². The second-order valence-electron chi connectivity index (χ2n) is 5.48. The van der Waals surface area contributed by atoms with Gasteiger partial charge in [0.15, 0.2) is 0 Å². The number of carbonyl (C=O) groups excluding carboxylic acids is 1. The predicted octanol–water partition coefficient (Wildman–Crippen LogP) is 2.36. The quantitative estimate of drug-likeness (QED) is 0.918. The van der Waals surface area contributed by atoms with Crippen molar-refractivity contribution in [3.8, 4) is 5.75 Å². The number of ether oxygens (including phenoxy) is 2. The van der Waals surface area contributed by atoms with Crippen molar-refractivity contribution in [2.24, 2.45) is 11.8 Å². The van der Waals surface area contributed by atoms with Crippen LogP contribution in [0.1, 0.15) is 31.9 Å². The number of methoxy groups -OCH3 is 1. The van der Waals surface area contributed by atoms with Crippen molar-refractivity contribution >= 4 is 5.78 Å². The number of carbonyl (C=O) groups is 1. The van der Waals surface area contributed by atoms with Gasteiger partial charge < -0.3 is 14.6 Å². The topological polar surface area (TPSA) is 55.8 Å². The molecule has 1 heterocycles. The van der Waals surface area contributed by atoms with E-state index in [1.165, 1.54) is 0 Å². The smallest absolute Gasteiger partial charge is 0.141 e. The van der Waals surface area contributed by atoms with Gasteiger partial charge in [0.2, 0.25) is 0 Å². The molecule has 4 atom stereocenters. The van der Waals surface area contributed by atoms with E-state index in [2.05, 4.69) is 0 Å². The van der Waals surface area contributed by atoms with Crippen molar-refractivity contribution in [1.29, 1.82) is 0 Å². The van der Waals surface area contributed by atoms with Crippen LogP contribution in [-0.4, -0.2) is 30.7 Å². The van der Waals surface area contributed by atoms with E-state index in [1.54, 1.807) is 7.11 Å². The van der Waals surface area contributed by atoms with Crippen molar-refractivity contribution in [2.75, 3.05) is 13.7 Å². The number of aliphatic hydroxyl groups is 1. The van der Waals surface area contributed by atoms with E-state index in [0.29, 0.717) is 6.42 Å². The van der Waals surface area contributed by atoms with Gasteiger partial charge in [-0.3, -0.25) is 4.79 Å². The van der Waals surface area contributed by atoms with Gasteiger partial charge in [-0.25, -0.2) is 0 Å². The lowest BCUT2D eigenvalue weighted by Crippen LogP contribution is -2.41. The van der Waals surface area contributed by atoms with Crippen LogP contribution in [0.3, 0.4) is 0 Å². The van der Waals surface area contributed by atoms with Crippen molar-refractivity contribution < 1.29 is 19.4 Å². The Bertz CT molecular complexity index is 454. The van der Waals surface area contributed by atoms with Gasteiger partial charge in [0.05, 0.1) is 19.3 Å². The lowest BCUT2D eigenvalue weighted by molar-refractivity contribution is -0.153. The molecule has 0 bridgehead atoms. The first-order chi connectivity index (χ1) is 9.56. The second-order valence-corrected chi connectivity index (χ2v) is 5.48. The number of benzene rings is 1. The summed E-state index contributed by atoms with van der Waals surface area (Å²) in [5.74, 6) is 0.772. The normalized spacial score (nSPS) is 28.2. The number of Topliss-reactive ketones (excluding diaryl/α,β-unsaturated/α-hetero) is 1. The van der Waals surface area contributed by atoms with E-state index >= 15 is 0 Å². The van der Waals surface area contributed by atoms with Crippen LogP contribution in [0.25, 0.3) is 0 Å². The molecule has 0 aromatic heterocycles. The molecule has 2 rings (SSSR count). The standard InChI is InChI=1S/C16H22O4/c1-10(9-17)16-11(2)14(18)8-15(20-16)12-4-6-13(19-3)7-5-12/h4-7,10-11,15-17H,8-9H2,1-3H3/t10-,11-,15-,16-/m0/s1. The molecule has 0 unspecified atom stereocenters. The monoisotopic (exact) mass is 278 g/mol. The second kappa shape index (κ2) is 6.37. The first kappa shape index (κ1) is 15.0. The van der Waals surface area contributed by atoms with Crippen molar-refractivity contribution in [3.63, 3.8) is 0 Å². The van der Waals surface area contributed by atoms with E-state index in [4.69, 9.17) is 9.47 Å². The van der Waals surface area contributed by atoms with Crippen LogP contribution in [-0.2, 0) is 9.53 Å². The lowest BCUT2D eigenvalue weighted by atomic mass is 9.84. The molecule has 1 aromatic carbocycles. The molecule has 0 amide bonds. The summed E-state index contributed by atoms with van der Waals surface area (Å²) in [6.07, 6.45) is -0.0701. The van der Waals surface area contributed by atoms with Crippen LogP contribution >= 0.6 is 0 Å². The Kier molecular flexibility index (Phi) is 4.78. The highest BCUT2D eigenvalue weighted by molar-refractivity contribution is 5.82. The third-order valence-corrected chi connectivity index (χ3v) is 4.05. The third kappa shape index (κ3) is 3.02. The summed E-state index contributed by atoms with van der Waals surface area (Å²) in [5, 5.41) is 9.31. The maximum atomic E-state index is 12.1. The van der Waals surface area contributed by atoms with Gasteiger partial charge >= 0.3 is 0 Å². The maximum absolute atomic E-state index is 12.1. The molecule has 0 spiro atoms. The number of rotatable bonds is 4. The van der Waals surface area contributed by atoms with E-state index in [9.17, 15) is 9.90 Å². The highest BCUT2D eigenvalue weighted by Crippen LogP contribution is 2.35. The van der Waals surface area contributed by atoms with Gasteiger partial charge in [0, 0.05) is 24.9 Å². The first-order valence-corrected chi connectivity index (χ1v) is 6.99. The molecule has 20 heavy (non-hydrogen) atoms. The van der Waals surface area contributed by atoms with E-state index in [0.717, 1.165) is 11.3 Å². The zero-order valence-corrected chi connectivity index (χ0v) is 12.2. The summed E-state index contributed by atoms with van der Waals surface area (Å²) in [6.45, 7) is 3.81. The lowest BCUT2D eigenvalue weighted by Gasteiger charge is -2.37. The SMILES string of the molecule is COc1ccc([C@@H]2CC(=O)[C@H](C)[C@H]([C@@H](C)CO)O2)cc1. The minimum Gasteiger partial charge on any atom is -0.497 e. The van der Waals surface area contributed by atoms with Crippen molar-refractivity contribution in [3.05, 3.63) is 29.8 Å². The van der Waals surface area contributed by atoms with Crippen LogP contribution in [0.2, 0.25) is 0 Å². The Labute approximate surface area is 119 Å². The average molecular weight is 278 g/mol. The fraction of sp³-hybridized carbons (Fsp3) is 0.562. The Balaban J connectivity index is 2.17. The highest BCUT2D eigenvalue weighted by Gasteiger charge is 2.37. The number of hydrogen-bond donors (Lipinski definition) is 1.